The maximum absolute atomic E-state index is 10.8. The Balaban J connectivity index is 2.02. The number of fused-ring (bicyclic) bond motifs is 1. The summed E-state index contributed by atoms with van der Waals surface area (Å²) in [6.45, 7) is 2.18. The van der Waals surface area contributed by atoms with E-state index in [-0.39, 0.29) is 5.75 Å². The Morgan fingerprint density at radius 3 is 3.10 bits per heavy atom. The summed E-state index contributed by atoms with van der Waals surface area (Å²) in [4.78, 5) is 19.8. The Bertz CT molecular complexity index is 673. The van der Waals surface area contributed by atoms with Crippen LogP contribution < -0.4 is 0 Å². The van der Waals surface area contributed by atoms with Gasteiger partial charge in [-0.05, 0) is 34.3 Å². The highest BCUT2D eigenvalue weighted by molar-refractivity contribution is 9.10. The van der Waals surface area contributed by atoms with Crippen LogP contribution >= 0.6 is 27.7 Å². The fraction of sp³-hybridized carbons (Fsp3) is 0.462. The van der Waals surface area contributed by atoms with Gasteiger partial charge in [0.15, 0.2) is 10.8 Å². The van der Waals surface area contributed by atoms with E-state index < -0.39 is 5.97 Å². The van der Waals surface area contributed by atoms with Crippen molar-refractivity contribution in [1.29, 1.82) is 0 Å². The highest BCUT2D eigenvalue weighted by atomic mass is 79.9. The monoisotopic (exact) mass is 355 g/mol. The van der Waals surface area contributed by atoms with E-state index in [0.717, 1.165) is 33.6 Å². The third-order valence-electron chi connectivity index (χ3n) is 3.53. The second kappa shape index (κ2) is 5.37. The van der Waals surface area contributed by atoms with Crippen molar-refractivity contribution in [2.24, 2.45) is 5.92 Å². The summed E-state index contributed by atoms with van der Waals surface area (Å²) in [6, 6.07) is 2.34. The fourth-order valence-corrected chi connectivity index (χ4v) is 3.55. The first-order valence-corrected chi connectivity index (χ1v) is 8.26. The summed E-state index contributed by atoms with van der Waals surface area (Å²) in [7, 11) is 0. The van der Waals surface area contributed by atoms with Crippen LogP contribution in [0.5, 0.6) is 0 Å². The van der Waals surface area contributed by atoms with Crippen LogP contribution in [0.2, 0.25) is 0 Å². The Morgan fingerprint density at radius 2 is 2.45 bits per heavy atom. The lowest BCUT2D eigenvalue weighted by Crippen LogP contribution is -2.03. The SMILES string of the molecule is CCC1CC1n1c(SCC(=O)O)nc2cc(Br)cnc21. The van der Waals surface area contributed by atoms with Gasteiger partial charge in [-0.2, -0.15) is 0 Å². The Labute approximate surface area is 128 Å². The van der Waals surface area contributed by atoms with Crippen LogP contribution in [0.3, 0.4) is 0 Å². The molecule has 0 spiro atoms. The first-order valence-electron chi connectivity index (χ1n) is 6.48. The summed E-state index contributed by atoms with van der Waals surface area (Å²) >= 11 is 4.66. The molecule has 0 radical (unpaired) electrons. The molecule has 0 bridgehead atoms. The van der Waals surface area contributed by atoms with Gasteiger partial charge < -0.3 is 9.67 Å². The summed E-state index contributed by atoms with van der Waals surface area (Å²) in [5.74, 6) is -0.152. The number of halogens is 1. The predicted molar refractivity (Wildman–Crippen MR) is 81.0 cm³/mol. The highest BCUT2D eigenvalue weighted by Gasteiger charge is 2.39. The number of carboxylic acid groups (broad SMARTS) is 1. The van der Waals surface area contributed by atoms with Gasteiger partial charge in [-0.3, -0.25) is 4.79 Å². The molecule has 0 aliphatic heterocycles. The number of imidazole rings is 1. The largest absolute Gasteiger partial charge is 0.481 e. The molecule has 1 fully saturated rings. The predicted octanol–water partition coefficient (Wildman–Crippen LogP) is 3.34. The average Bonchev–Trinajstić information content (AvgIpc) is 3.09. The van der Waals surface area contributed by atoms with E-state index in [1.807, 2.05) is 6.07 Å². The van der Waals surface area contributed by atoms with Crippen LogP contribution in [-0.2, 0) is 4.79 Å². The van der Waals surface area contributed by atoms with E-state index in [1.165, 1.54) is 11.8 Å². The number of hydrogen-bond acceptors (Lipinski definition) is 4. The van der Waals surface area contributed by atoms with E-state index in [9.17, 15) is 4.79 Å². The quantitative estimate of drug-likeness (QED) is 0.833. The molecule has 1 aliphatic carbocycles. The van der Waals surface area contributed by atoms with Crippen molar-refractivity contribution in [3.63, 3.8) is 0 Å². The highest BCUT2D eigenvalue weighted by Crippen LogP contribution is 2.48. The molecule has 7 heteroatoms. The fourth-order valence-electron chi connectivity index (χ4n) is 2.45. The van der Waals surface area contributed by atoms with Gasteiger partial charge in [-0.1, -0.05) is 25.1 Å². The number of aromatic nitrogens is 3. The molecular weight excluding hydrogens is 342 g/mol. The molecule has 0 aromatic carbocycles. The minimum absolute atomic E-state index is 0.0218. The topological polar surface area (TPSA) is 68.0 Å². The average molecular weight is 356 g/mol. The van der Waals surface area contributed by atoms with Gasteiger partial charge in [0.25, 0.3) is 0 Å². The lowest BCUT2D eigenvalue weighted by molar-refractivity contribution is -0.133. The molecule has 20 heavy (non-hydrogen) atoms. The number of rotatable bonds is 5. The number of thioether (sulfide) groups is 1. The molecule has 2 aromatic rings. The Kier molecular flexibility index (Phi) is 3.72. The van der Waals surface area contributed by atoms with Crippen LogP contribution in [0, 0.1) is 5.92 Å². The molecule has 2 atom stereocenters. The molecule has 3 rings (SSSR count). The number of nitrogens with zero attached hydrogens (tertiary/aromatic N) is 3. The maximum Gasteiger partial charge on any atom is 0.313 e. The Hall–Kier alpha value is -1.08. The van der Waals surface area contributed by atoms with Crippen molar-refractivity contribution in [3.8, 4) is 0 Å². The van der Waals surface area contributed by atoms with Crippen LogP contribution in [0.25, 0.3) is 11.2 Å². The normalized spacial score (nSPS) is 21.3. The first-order chi connectivity index (χ1) is 9.60. The zero-order chi connectivity index (χ0) is 14.3. The van der Waals surface area contributed by atoms with Crippen molar-refractivity contribution in [2.75, 3.05) is 5.75 Å². The van der Waals surface area contributed by atoms with Crippen LogP contribution in [0.4, 0.5) is 0 Å². The van der Waals surface area contributed by atoms with Crippen molar-refractivity contribution in [1.82, 2.24) is 14.5 Å². The van der Waals surface area contributed by atoms with Crippen molar-refractivity contribution < 1.29 is 9.90 Å². The molecule has 106 valence electrons. The number of carboxylic acids is 1. The van der Waals surface area contributed by atoms with Crippen LogP contribution in [-0.4, -0.2) is 31.4 Å². The standard InChI is InChI=1S/C13H14BrN3O2S/c1-2-7-3-10(7)17-12-9(4-8(14)5-15-12)16-13(17)20-6-11(18)19/h4-5,7,10H,2-3,6H2,1H3,(H,18,19). The smallest absolute Gasteiger partial charge is 0.313 e. The first kappa shape index (κ1) is 13.9. The number of aliphatic carboxylic acids is 1. The second-order valence-electron chi connectivity index (χ2n) is 4.91. The van der Waals surface area contributed by atoms with Gasteiger partial charge in [0.05, 0.1) is 5.75 Å². The van der Waals surface area contributed by atoms with Gasteiger partial charge in [-0.25, -0.2) is 9.97 Å². The van der Waals surface area contributed by atoms with Crippen LogP contribution in [0.1, 0.15) is 25.8 Å². The maximum atomic E-state index is 10.8. The number of carbonyl (C=O) groups is 1. The van der Waals surface area contributed by atoms with E-state index in [1.54, 1.807) is 6.20 Å². The molecule has 1 aliphatic rings. The Morgan fingerprint density at radius 1 is 1.65 bits per heavy atom. The summed E-state index contributed by atoms with van der Waals surface area (Å²) in [5.41, 5.74) is 1.66. The lowest BCUT2D eigenvalue weighted by Gasteiger charge is -2.06. The summed E-state index contributed by atoms with van der Waals surface area (Å²) < 4.78 is 3.00. The number of pyridine rings is 1. The molecule has 5 nitrogen and oxygen atoms in total. The zero-order valence-electron chi connectivity index (χ0n) is 10.9. The summed E-state index contributed by atoms with van der Waals surface area (Å²) in [5, 5.41) is 9.61. The molecule has 2 heterocycles. The molecule has 1 N–H and O–H groups in total. The van der Waals surface area contributed by atoms with E-state index in [2.05, 4.69) is 37.4 Å². The molecular formula is C13H14BrN3O2S. The summed E-state index contributed by atoms with van der Waals surface area (Å²) in [6.07, 6.45) is 4.01. The van der Waals surface area contributed by atoms with Crippen LogP contribution in [0.15, 0.2) is 21.9 Å². The van der Waals surface area contributed by atoms with Gasteiger partial charge in [0.1, 0.15) is 5.52 Å². The molecule has 0 amide bonds. The van der Waals surface area contributed by atoms with Gasteiger partial charge in [0.2, 0.25) is 0 Å². The van der Waals surface area contributed by atoms with Crippen molar-refractivity contribution in [3.05, 3.63) is 16.7 Å². The van der Waals surface area contributed by atoms with E-state index >= 15 is 0 Å². The van der Waals surface area contributed by atoms with E-state index in [4.69, 9.17) is 5.11 Å². The van der Waals surface area contributed by atoms with Gasteiger partial charge in [-0.15, -0.1) is 0 Å². The third-order valence-corrected chi connectivity index (χ3v) is 4.90. The van der Waals surface area contributed by atoms with Gasteiger partial charge >= 0.3 is 5.97 Å². The van der Waals surface area contributed by atoms with Crippen molar-refractivity contribution in [2.45, 2.75) is 31.0 Å². The minimum Gasteiger partial charge on any atom is -0.481 e. The molecule has 2 aromatic heterocycles. The van der Waals surface area contributed by atoms with Gasteiger partial charge in [0, 0.05) is 16.7 Å². The molecule has 1 saturated carbocycles. The number of hydrogen-bond donors (Lipinski definition) is 1. The molecule has 2 unspecified atom stereocenters. The molecule has 0 saturated heterocycles. The zero-order valence-corrected chi connectivity index (χ0v) is 13.3. The van der Waals surface area contributed by atoms with Crippen molar-refractivity contribution >= 4 is 44.8 Å². The second-order valence-corrected chi connectivity index (χ2v) is 6.77. The lowest BCUT2D eigenvalue weighted by atomic mass is 10.3. The van der Waals surface area contributed by atoms with E-state index in [0.29, 0.717) is 12.0 Å². The third kappa shape index (κ3) is 2.56. The minimum atomic E-state index is -0.828.